The van der Waals surface area contributed by atoms with Crippen LogP contribution in [0.2, 0.25) is 0 Å². The molecule has 0 spiro atoms. The molecule has 0 unspecified atom stereocenters. The minimum atomic E-state index is 0.452. The number of nitrogens with zero attached hydrogens (tertiary/aromatic N) is 2. The van der Waals surface area contributed by atoms with Crippen molar-refractivity contribution in [2.45, 2.75) is 33.7 Å². The molecular formula is C12H21N3S. The van der Waals surface area contributed by atoms with Crippen LogP contribution in [0.15, 0.2) is 6.20 Å². The molecular weight excluding hydrogens is 218 g/mol. The summed E-state index contributed by atoms with van der Waals surface area (Å²) in [6.07, 6.45) is 3.28. The Bertz CT molecular complexity index is 346. The highest BCUT2D eigenvalue weighted by atomic mass is 32.1. The van der Waals surface area contributed by atoms with Gasteiger partial charge in [0.2, 0.25) is 0 Å². The predicted octanol–water partition coefficient (Wildman–Crippen LogP) is 2.49. The molecule has 2 rings (SSSR count). The molecule has 0 saturated carbocycles. The number of aromatic nitrogens is 1. The fraction of sp³-hybridized carbons (Fsp3) is 0.750. The smallest absolute Gasteiger partial charge is 0.185 e. The van der Waals surface area contributed by atoms with E-state index >= 15 is 0 Å². The normalized spacial score (nSPS) is 19.3. The second-order valence-corrected chi connectivity index (χ2v) is 6.32. The Morgan fingerprint density at radius 1 is 1.56 bits per heavy atom. The number of anilines is 1. The van der Waals surface area contributed by atoms with E-state index in [4.69, 9.17) is 0 Å². The van der Waals surface area contributed by atoms with Gasteiger partial charge in [0.1, 0.15) is 0 Å². The lowest BCUT2D eigenvalue weighted by atomic mass is 9.93. The van der Waals surface area contributed by atoms with E-state index in [9.17, 15) is 0 Å². The topological polar surface area (TPSA) is 28.2 Å². The largest absolute Gasteiger partial charge is 0.348 e. The highest BCUT2D eigenvalue weighted by Crippen LogP contribution is 2.34. The van der Waals surface area contributed by atoms with Crippen molar-refractivity contribution in [2.75, 3.05) is 24.5 Å². The average Bonchev–Trinajstić information content (AvgIpc) is 2.81. The quantitative estimate of drug-likeness (QED) is 0.875. The van der Waals surface area contributed by atoms with E-state index in [-0.39, 0.29) is 0 Å². The Hall–Kier alpha value is -0.610. The molecule has 0 bridgehead atoms. The van der Waals surface area contributed by atoms with Crippen LogP contribution >= 0.6 is 11.3 Å². The first kappa shape index (κ1) is 11.9. The lowest BCUT2D eigenvalue weighted by molar-refractivity contribution is 0.418. The van der Waals surface area contributed by atoms with Crippen LogP contribution in [0.3, 0.4) is 0 Å². The second-order valence-electron chi connectivity index (χ2n) is 5.23. The maximum absolute atomic E-state index is 4.52. The lowest BCUT2D eigenvalue weighted by Gasteiger charge is -2.18. The van der Waals surface area contributed by atoms with Crippen molar-refractivity contribution >= 4 is 16.5 Å². The molecule has 1 fully saturated rings. The van der Waals surface area contributed by atoms with Crippen molar-refractivity contribution in [3.8, 4) is 0 Å². The second kappa shape index (κ2) is 4.72. The maximum Gasteiger partial charge on any atom is 0.185 e. The van der Waals surface area contributed by atoms with Crippen molar-refractivity contribution in [3.63, 3.8) is 0 Å². The van der Waals surface area contributed by atoms with E-state index < -0.39 is 0 Å². The van der Waals surface area contributed by atoms with E-state index in [0.717, 1.165) is 26.2 Å². The third-order valence-corrected chi connectivity index (χ3v) is 4.10. The molecule has 16 heavy (non-hydrogen) atoms. The van der Waals surface area contributed by atoms with Crippen LogP contribution in [-0.4, -0.2) is 24.6 Å². The van der Waals surface area contributed by atoms with Crippen LogP contribution in [-0.2, 0) is 6.54 Å². The summed E-state index contributed by atoms with van der Waals surface area (Å²) in [4.78, 5) is 8.27. The summed E-state index contributed by atoms with van der Waals surface area (Å²) < 4.78 is 0. The van der Waals surface area contributed by atoms with Gasteiger partial charge in [0.25, 0.3) is 0 Å². The summed E-state index contributed by atoms with van der Waals surface area (Å²) in [5, 5.41) is 4.53. The van der Waals surface area contributed by atoms with Gasteiger partial charge in [0, 0.05) is 30.7 Å². The van der Waals surface area contributed by atoms with Gasteiger partial charge in [0.15, 0.2) is 5.13 Å². The van der Waals surface area contributed by atoms with E-state index in [1.165, 1.54) is 16.4 Å². The summed E-state index contributed by atoms with van der Waals surface area (Å²) in [7, 11) is 0. The zero-order chi connectivity index (χ0) is 11.6. The first-order valence-electron chi connectivity index (χ1n) is 6.01. The average molecular weight is 239 g/mol. The Morgan fingerprint density at radius 3 is 3.00 bits per heavy atom. The molecule has 1 aliphatic heterocycles. The van der Waals surface area contributed by atoms with Crippen molar-refractivity contribution < 1.29 is 0 Å². The van der Waals surface area contributed by atoms with Gasteiger partial charge in [-0.15, -0.1) is 11.3 Å². The van der Waals surface area contributed by atoms with Gasteiger partial charge in [-0.1, -0.05) is 20.8 Å². The number of nitrogens with one attached hydrogen (secondary N) is 1. The van der Waals surface area contributed by atoms with E-state index in [0.29, 0.717) is 5.41 Å². The SMILES string of the molecule is CCNCc1cnc(N2CCC(C)(C)C2)s1. The molecule has 1 aliphatic rings. The lowest BCUT2D eigenvalue weighted by Crippen LogP contribution is -2.22. The van der Waals surface area contributed by atoms with Crippen molar-refractivity contribution in [2.24, 2.45) is 5.41 Å². The Labute approximate surface area is 102 Å². The first-order chi connectivity index (χ1) is 7.61. The van der Waals surface area contributed by atoms with Crippen LogP contribution in [0.5, 0.6) is 0 Å². The van der Waals surface area contributed by atoms with Gasteiger partial charge in [-0.05, 0) is 18.4 Å². The molecule has 1 N–H and O–H groups in total. The molecule has 3 nitrogen and oxygen atoms in total. The van der Waals surface area contributed by atoms with Gasteiger partial charge in [-0.3, -0.25) is 0 Å². The van der Waals surface area contributed by atoms with Crippen LogP contribution in [0.25, 0.3) is 0 Å². The fourth-order valence-corrected chi connectivity index (χ4v) is 2.95. The molecule has 0 aromatic carbocycles. The highest BCUT2D eigenvalue weighted by Gasteiger charge is 2.30. The summed E-state index contributed by atoms with van der Waals surface area (Å²) >= 11 is 1.82. The van der Waals surface area contributed by atoms with E-state index in [1.54, 1.807) is 0 Å². The molecule has 4 heteroatoms. The zero-order valence-corrected chi connectivity index (χ0v) is 11.2. The van der Waals surface area contributed by atoms with Gasteiger partial charge in [-0.2, -0.15) is 0 Å². The minimum Gasteiger partial charge on any atom is -0.348 e. The van der Waals surface area contributed by atoms with Crippen LogP contribution in [0, 0.1) is 5.41 Å². The fourth-order valence-electron chi connectivity index (χ4n) is 2.05. The highest BCUT2D eigenvalue weighted by molar-refractivity contribution is 7.15. The number of hydrogen-bond donors (Lipinski definition) is 1. The standard InChI is InChI=1S/C12H21N3S/c1-4-13-7-10-8-14-11(16-10)15-6-5-12(2,3)9-15/h8,13H,4-7,9H2,1-3H3. The molecule has 1 saturated heterocycles. The van der Waals surface area contributed by atoms with Crippen LogP contribution in [0.1, 0.15) is 32.1 Å². The summed E-state index contributed by atoms with van der Waals surface area (Å²) in [6, 6.07) is 0. The number of thiazole rings is 1. The number of rotatable bonds is 4. The van der Waals surface area contributed by atoms with Gasteiger partial charge < -0.3 is 10.2 Å². The number of hydrogen-bond acceptors (Lipinski definition) is 4. The van der Waals surface area contributed by atoms with Crippen LogP contribution in [0.4, 0.5) is 5.13 Å². The first-order valence-corrected chi connectivity index (χ1v) is 6.83. The molecule has 0 aliphatic carbocycles. The maximum atomic E-state index is 4.52. The molecule has 90 valence electrons. The van der Waals surface area contributed by atoms with Crippen molar-refractivity contribution in [1.82, 2.24) is 10.3 Å². The third kappa shape index (κ3) is 2.74. The Morgan fingerprint density at radius 2 is 2.38 bits per heavy atom. The molecule has 0 amide bonds. The molecule has 2 heterocycles. The van der Waals surface area contributed by atoms with Gasteiger partial charge in [0.05, 0.1) is 0 Å². The molecule has 0 atom stereocenters. The third-order valence-electron chi connectivity index (χ3n) is 3.04. The minimum absolute atomic E-state index is 0.452. The van der Waals surface area contributed by atoms with E-state index in [2.05, 4.69) is 36.0 Å². The Balaban J connectivity index is 1.97. The van der Waals surface area contributed by atoms with Crippen LogP contribution < -0.4 is 10.2 Å². The molecule has 1 aromatic rings. The molecule has 0 radical (unpaired) electrons. The van der Waals surface area contributed by atoms with Gasteiger partial charge >= 0.3 is 0 Å². The monoisotopic (exact) mass is 239 g/mol. The van der Waals surface area contributed by atoms with E-state index in [1.807, 2.05) is 17.5 Å². The Kier molecular flexibility index (Phi) is 3.50. The zero-order valence-electron chi connectivity index (χ0n) is 10.4. The summed E-state index contributed by atoms with van der Waals surface area (Å²) in [5.74, 6) is 0. The summed E-state index contributed by atoms with van der Waals surface area (Å²) in [6.45, 7) is 11.1. The van der Waals surface area contributed by atoms with Gasteiger partial charge in [-0.25, -0.2) is 4.98 Å². The summed E-state index contributed by atoms with van der Waals surface area (Å²) in [5.41, 5.74) is 0.452. The van der Waals surface area contributed by atoms with Crippen molar-refractivity contribution in [1.29, 1.82) is 0 Å². The predicted molar refractivity (Wildman–Crippen MR) is 70.1 cm³/mol. The van der Waals surface area contributed by atoms with Crippen molar-refractivity contribution in [3.05, 3.63) is 11.1 Å². The molecule has 1 aromatic heterocycles.